The Morgan fingerprint density at radius 1 is 1.24 bits per heavy atom. The van der Waals surface area contributed by atoms with Crippen molar-refractivity contribution in [1.29, 1.82) is 0 Å². The Bertz CT molecular complexity index is 696. The number of rotatable bonds is 3. The average molecular weight is 301 g/mol. The molecule has 0 aliphatic carbocycles. The highest BCUT2D eigenvalue weighted by molar-refractivity contribution is 7.14. The summed E-state index contributed by atoms with van der Waals surface area (Å²) in [6, 6.07) is 9.38. The van der Waals surface area contributed by atoms with E-state index in [0.29, 0.717) is 23.5 Å². The third kappa shape index (κ3) is 2.81. The fourth-order valence-electron chi connectivity index (χ4n) is 2.44. The molecule has 0 saturated heterocycles. The van der Waals surface area contributed by atoms with Crippen molar-refractivity contribution in [2.75, 3.05) is 5.32 Å². The van der Waals surface area contributed by atoms with Gasteiger partial charge >= 0.3 is 0 Å². The second-order valence-electron chi connectivity index (χ2n) is 4.92. The lowest BCUT2D eigenvalue weighted by Gasteiger charge is -2.25. The predicted molar refractivity (Wildman–Crippen MR) is 82.2 cm³/mol. The molecule has 21 heavy (non-hydrogen) atoms. The molecule has 1 aliphatic rings. The zero-order valence-electron chi connectivity index (χ0n) is 11.3. The van der Waals surface area contributed by atoms with E-state index < -0.39 is 5.91 Å². The molecule has 0 radical (unpaired) electrons. The van der Waals surface area contributed by atoms with Gasteiger partial charge in [0, 0.05) is 6.54 Å². The van der Waals surface area contributed by atoms with Crippen molar-refractivity contribution in [2.24, 2.45) is 5.73 Å². The summed E-state index contributed by atoms with van der Waals surface area (Å²) in [5.41, 5.74) is 8.03. The number of nitrogens with one attached hydrogen (secondary N) is 2. The molecule has 1 atom stereocenters. The van der Waals surface area contributed by atoms with Crippen LogP contribution in [0.5, 0.6) is 0 Å². The van der Waals surface area contributed by atoms with Gasteiger partial charge in [0.1, 0.15) is 5.00 Å². The third-order valence-electron chi connectivity index (χ3n) is 3.57. The SMILES string of the molecule is NC(=O)c1ccsc1NC(=O)C1Cc2ccccc2CN1. The largest absolute Gasteiger partial charge is 0.366 e. The van der Waals surface area contributed by atoms with E-state index in [1.54, 1.807) is 11.4 Å². The average Bonchev–Trinajstić information content (AvgIpc) is 2.95. The number of carbonyl (C=O) groups is 2. The third-order valence-corrected chi connectivity index (χ3v) is 4.40. The van der Waals surface area contributed by atoms with Gasteiger partial charge in [-0.2, -0.15) is 0 Å². The van der Waals surface area contributed by atoms with Crippen LogP contribution in [0.1, 0.15) is 21.5 Å². The molecule has 3 rings (SSSR count). The zero-order valence-corrected chi connectivity index (χ0v) is 12.1. The summed E-state index contributed by atoms with van der Waals surface area (Å²) in [5.74, 6) is -0.678. The molecule has 1 unspecified atom stereocenters. The van der Waals surface area contributed by atoms with Crippen LogP contribution < -0.4 is 16.4 Å². The van der Waals surface area contributed by atoms with Gasteiger partial charge < -0.3 is 16.4 Å². The van der Waals surface area contributed by atoms with Gasteiger partial charge in [-0.25, -0.2) is 0 Å². The number of hydrogen-bond acceptors (Lipinski definition) is 4. The molecule has 2 amide bonds. The molecular formula is C15H15N3O2S. The number of hydrogen-bond donors (Lipinski definition) is 3. The highest BCUT2D eigenvalue weighted by Crippen LogP contribution is 2.24. The van der Waals surface area contributed by atoms with E-state index in [2.05, 4.69) is 16.7 Å². The van der Waals surface area contributed by atoms with Gasteiger partial charge in [0.25, 0.3) is 5.91 Å². The summed E-state index contributed by atoms with van der Waals surface area (Å²) in [6.45, 7) is 0.668. The number of thiophene rings is 1. The number of anilines is 1. The van der Waals surface area contributed by atoms with Crippen molar-refractivity contribution in [2.45, 2.75) is 19.0 Å². The van der Waals surface area contributed by atoms with Crippen LogP contribution in [0.2, 0.25) is 0 Å². The van der Waals surface area contributed by atoms with Crippen LogP contribution in [0.25, 0.3) is 0 Å². The number of primary amides is 1. The number of carbonyl (C=O) groups excluding carboxylic acids is 2. The summed E-state index contributed by atoms with van der Waals surface area (Å²) < 4.78 is 0. The van der Waals surface area contributed by atoms with Crippen LogP contribution in [0.15, 0.2) is 35.7 Å². The molecule has 0 bridgehead atoms. The first-order valence-corrected chi connectivity index (χ1v) is 7.51. The molecule has 1 aromatic carbocycles. The lowest BCUT2D eigenvalue weighted by Crippen LogP contribution is -2.44. The van der Waals surface area contributed by atoms with Crippen molar-refractivity contribution in [3.8, 4) is 0 Å². The van der Waals surface area contributed by atoms with Crippen LogP contribution in [0.3, 0.4) is 0 Å². The molecule has 108 valence electrons. The van der Waals surface area contributed by atoms with Crippen molar-refractivity contribution in [3.05, 3.63) is 52.4 Å². The number of nitrogens with two attached hydrogens (primary N) is 1. The van der Waals surface area contributed by atoms with Gasteiger partial charge in [-0.05, 0) is 29.0 Å². The van der Waals surface area contributed by atoms with Crippen LogP contribution in [-0.2, 0) is 17.8 Å². The molecule has 1 aliphatic heterocycles. The molecule has 6 heteroatoms. The van der Waals surface area contributed by atoms with Crippen molar-refractivity contribution in [3.63, 3.8) is 0 Å². The van der Waals surface area contributed by atoms with E-state index in [1.807, 2.05) is 18.2 Å². The maximum Gasteiger partial charge on any atom is 0.251 e. The minimum absolute atomic E-state index is 0.144. The van der Waals surface area contributed by atoms with Gasteiger partial charge in [0.2, 0.25) is 5.91 Å². The summed E-state index contributed by atoms with van der Waals surface area (Å²) in [4.78, 5) is 23.6. The highest BCUT2D eigenvalue weighted by atomic mass is 32.1. The van der Waals surface area contributed by atoms with Crippen LogP contribution in [-0.4, -0.2) is 17.9 Å². The molecule has 2 heterocycles. The van der Waals surface area contributed by atoms with Crippen LogP contribution in [0, 0.1) is 0 Å². The quantitative estimate of drug-likeness (QED) is 0.803. The van der Waals surface area contributed by atoms with E-state index in [9.17, 15) is 9.59 Å². The Morgan fingerprint density at radius 2 is 2.00 bits per heavy atom. The summed E-state index contributed by atoms with van der Waals surface area (Å²) in [6.07, 6.45) is 0.638. The Hall–Kier alpha value is -2.18. The fourth-order valence-corrected chi connectivity index (χ4v) is 3.23. The summed E-state index contributed by atoms with van der Waals surface area (Å²) in [5, 5.41) is 8.24. The molecule has 0 spiro atoms. The first-order chi connectivity index (χ1) is 10.1. The van der Waals surface area contributed by atoms with E-state index in [-0.39, 0.29) is 11.9 Å². The molecule has 1 aromatic heterocycles. The fraction of sp³-hybridized carbons (Fsp3) is 0.200. The van der Waals surface area contributed by atoms with Crippen molar-refractivity contribution < 1.29 is 9.59 Å². The Kier molecular flexibility index (Phi) is 3.72. The standard InChI is InChI=1S/C15H15N3O2S/c16-13(19)11-5-6-21-15(11)18-14(20)12-7-9-3-1-2-4-10(9)8-17-12/h1-6,12,17H,7-8H2,(H2,16,19)(H,18,20). The highest BCUT2D eigenvalue weighted by Gasteiger charge is 2.25. The van der Waals surface area contributed by atoms with Crippen molar-refractivity contribution in [1.82, 2.24) is 5.32 Å². The normalized spacial score (nSPS) is 17.0. The first-order valence-electron chi connectivity index (χ1n) is 6.63. The Balaban J connectivity index is 1.72. The van der Waals surface area contributed by atoms with Gasteiger partial charge in [-0.1, -0.05) is 24.3 Å². The maximum atomic E-state index is 12.3. The van der Waals surface area contributed by atoms with Gasteiger partial charge in [0.15, 0.2) is 0 Å². The smallest absolute Gasteiger partial charge is 0.251 e. The second kappa shape index (κ2) is 5.67. The lowest BCUT2D eigenvalue weighted by atomic mass is 9.95. The van der Waals surface area contributed by atoms with Gasteiger partial charge in [0.05, 0.1) is 11.6 Å². The van der Waals surface area contributed by atoms with Crippen molar-refractivity contribution >= 4 is 28.2 Å². The molecule has 0 saturated carbocycles. The lowest BCUT2D eigenvalue weighted by molar-refractivity contribution is -0.118. The monoisotopic (exact) mass is 301 g/mol. The molecule has 2 aromatic rings. The number of amides is 2. The Morgan fingerprint density at radius 3 is 2.76 bits per heavy atom. The number of benzene rings is 1. The maximum absolute atomic E-state index is 12.3. The van der Waals surface area contributed by atoms with E-state index in [0.717, 1.165) is 0 Å². The van der Waals surface area contributed by atoms with Gasteiger partial charge in [-0.15, -0.1) is 11.3 Å². The Labute approximate surface area is 126 Å². The van der Waals surface area contributed by atoms with E-state index in [4.69, 9.17) is 5.73 Å². The predicted octanol–water partition coefficient (Wildman–Crippen LogP) is 1.50. The molecular weight excluding hydrogens is 286 g/mol. The van der Waals surface area contributed by atoms with Crippen LogP contribution >= 0.6 is 11.3 Å². The molecule has 4 N–H and O–H groups in total. The van der Waals surface area contributed by atoms with E-state index >= 15 is 0 Å². The first kappa shape index (κ1) is 13.8. The minimum Gasteiger partial charge on any atom is -0.366 e. The zero-order chi connectivity index (χ0) is 14.8. The summed E-state index contributed by atoms with van der Waals surface area (Å²) >= 11 is 1.30. The number of fused-ring (bicyclic) bond motifs is 1. The molecule has 0 fully saturated rings. The summed E-state index contributed by atoms with van der Waals surface area (Å²) in [7, 11) is 0. The van der Waals surface area contributed by atoms with E-state index in [1.165, 1.54) is 22.5 Å². The molecule has 5 nitrogen and oxygen atoms in total. The minimum atomic E-state index is -0.534. The van der Waals surface area contributed by atoms with Crippen LogP contribution in [0.4, 0.5) is 5.00 Å². The van der Waals surface area contributed by atoms with Gasteiger partial charge in [-0.3, -0.25) is 9.59 Å². The second-order valence-corrected chi connectivity index (χ2v) is 5.84. The topological polar surface area (TPSA) is 84.2 Å².